The number of rotatable bonds is 7. The van der Waals surface area contributed by atoms with Gasteiger partial charge in [0.2, 0.25) is 11.8 Å². The minimum Gasteiger partial charge on any atom is -0.497 e. The van der Waals surface area contributed by atoms with Crippen molar-refractivity contribution in [2.24, 2.45) is 5.41 Å². The molecule has 1 heterocycles. The predicted octanol–water partition coefficient (Wildman–Crippen LogP) is 3.19. The zero-order valence-corrected chi connectivity index (χ0v) is 17.9. The van der Waals surface area contributed by atoms with Gasteiger partial charge in [0.15, 0.2) is 0 Å². The van der Waals surface area contributed by atoms with Crippen LogP contribution in [0, 0.1) is 5.41 Å². The minimum absolute atomic E-state index is 0.0239. The molecule has 1 aliphatic rings. The van der Waals surface area contributed by atoms with Crippen molar-refractivity contribution in [3.8, 4) is 11.5 Å². The molecule has 2 aromatic carbocycles. The molecule has 160 valence electrons. The van der Waals surface area contributed by atoms with Crippen molar-refractivity contribution in [1.29, 1.82) is 0 Å². The molecule has 1 aliphatic heterocycles. The first-order valence-corrected chi connectivity index (χ1v) is 10.3. The number of carbonyl (C=O) groups excluding carboxylic acids is 2. The van der Waals surface area contributed by atoms with Crippen molar-refractivity contribution in [2.45, 2.75) is 32.7 Å². The molecule has 0 unspecified atom stereocenters. The fourth-order valence-corrected chi connectivity index (χ4v) is 3.88. The second-order valence-electron chi connectivity index (χ2n) is 8.04. The average molecular weight is 411 g/mol. The molecule has 1 fully saturated rings. The second-order valence-corrected chi connectivity index (χ2v) is 8.04. The maximum atomic E-state index is 13.0. The molecule has 1 atom stereocenters. The minimum atomic E-state index is -0.596. The molecule has 0 aromatic heterocycles. The lowest BCUT2D eigenvalue weighted by Gasteiger charge is -2.39. The first-order chi connectivity index (χ1) is 14.4. The van der Waals surface area contributed by atoms with E-state index in [0.29, 0.717) is 26.1 Å². The Balaban J connectivity index is 1.59. The fraction of sp³-hybridized carbons (Fsp3) is 0.417. The van der Waals surface area contributed by atoms with E-state index in [1.54, 1.807) is 14.2 Å². The van der Waals surface area contributed by atoms with E-state index >= 15 is 0 Å². The number of piperidine rings is 1. The SMILES string of the molecule is COc1cccc(CNC(=O)[C@]2(C)CCCN(C(=O)Cc3cccc(OC)c3)C2)c1. The van der Waals surface area contributed by atoms with Gasteiger partial charge in [0.1, 0.15) is 11.5 Å². The van der Waals surface area contributed by atoms with Gasteiger partial charge in [0, 0.05) is 19.6 Å². The molecule has 1 N–H and O–H groups in total. The summed E-state index contributed by atoms with van der Waals surface area (Å²) in [5.74, 6) is 1.51. The third-order valence-electron chi connectivity index (χ3n) is 5.67. The first-order valence-electron chi connectivity index (χ1n) is 10.3. The van der Waals surface area contributed by atoms with Crippen LogP contribution in [-0.4, -0.2) is 44.0 Å². The fourth-order valence-electron chi connectivity index (χ4n) is 3.88. The summed E-state index contributed by atoms with van der Waals surface area (Å²) in [5, 5.41) is 3.04. The summed E-state index contributed by atoms with van der Waals surface area (Å²) in [6, 6.07) is 15.2. The molecule has 0 aliphatic carbocycles. The summed E-state index contributed by atoms with van der Waals surface area (Å²) in [4.78, 5) is 27.6. The van der Waals surface area contributed by atoms with E-state index in [-0.39, 0.29) is 11.8 Å². The molecule has 6 heteroatoms. The van der Waals surface area contributed by atoms with E-state index in [0.717, 1.165) is 35.5 Å². The maximum absolute atomic E-state index is 13.0. The van der Waals surface area contributed by atoms with Crippen LogP contribution in [0.4, 0.5) is 0 Å². The molecule has 0 radical (unpaired) electrons. The van der Waals surface area contributed by atoms with Crippen LogP contribution in [0.15, 0.2) is 48.5 Å². The maximum Gasteiger partial charge on any atom is 0.227 e. The molecule has 6 nitrogen and oxygen atoms in total. The topological polar surface area (TPSA) is 67.9 Å². The van der Waals surface area contributed by atoms with Crippen molar-refractivity contribution >= 4 is 11.8 Å². The summed E-state index contributed by atoms with van der Waals surface area (Å²) in [6.45, 7) is 3.49. The van der Waals surface area contributed by atoms with Crippen LogP contribution in [0.1, 0.15) is 30.9 Å². The van der Waals surface area contributed by atoms with Gasteiger partial charge >= 0.3 is 0 Å². The van der Waals surface area contributed by atoms with Gasteiger partial charge in [-0.1, -0.05) is 24.3 Å². The lowest BCUT2D eigenvalue weighted by atomic mass is 9.80. The number of hydrogen-bond donors (Lipinski definition) is 1. The Kier molecular flexibility index (Phi) is 6.98. The molecule has 0 bridgehead atoms. The Hall–Kier alpha value is -3.02. The molecule has 30 heavy (non-hydrogen) atoms. The Bertz CT molecular complexity index is 898. The summed E-state index contributed by atoms with van der Waals surface area (Å²) >= 11 is 0. The van der Waals surface area contributed by atoms with Gasteiger partial charge in [-0.05, 0) is 55.2 Å². The number of likely N-dealkylation sites (tertiary alicyclic amines) is 1. The highest BCUT2D eigenvalue weighted by Gasteiger charge is 2.39. The quantitative estimate of drug-likeness (QED) is 0.761. The molecule has 2 aromatic rings. The summed E-state index contributed by atoms with van der Waals surface area (Å²) in [6.07, 6.45) is 1.88. The largest absolute Gasteiger partial charge is 0.497 e. The van der Waals surface area contributed by atoms with Gasteiger partial charge in [-0.3, -0.25) is 9.59 Å². The first kappa shape index (κ1) is 21.7. The standard InChI is InChI=1S/C24H30N2O4/c1-24(23(28)25-16-19-8-5-10-21(14-19)30-3)11-6-12-26(17-24)22(27)15-18-7-4-9-20(13-18)29-2/h4-5,7-10,13-14H,6,11-12,15-17H2,1-3H3,(H,25,28)/t24-/m1/s1. The highest BCUT2D eigenvalue weighted by Crippen LogP contribution is 2.30. The van der Waals surface area contributed by atoms with E-state index in [4.69, 9.17) is 9.47 Å². The van der Waals surface area contributed by atoms with E-state index in [9.17, 15) is 9.59 Å². The van der Waals surface area contributed by atoms with E-state index in [2.05, 4.69) is 5.32 Å². The molecule has 1 saturated heterocycles. The number of nitrogens with one attached hydrogen (secondary N) is 1. The second kappa shape index (κ2) is 9.65. The van der Waals surface area contributed by atoms with Gasteiger partial charge in [-0.25, -0.2) is 0 Å². The zero-order chi connectivity index (χ0) is 21.6. The van der Waals surface area contributed by atoms with E-state index < -0.39 is 5.41 Å². The Morgan fingerprint density at radius 3 is 2.33 bits per heavy atom. The Labute approximate surface area is 178 Å². The molecule has 2 amide bonds. The third kappa shape index (κ3) is 5.32. The number of carbonyl (C=O) groups is 2. The lowest BCUT2D eigenvalue weighted by Crippen LogP contribution is -2.52. The van der Waals surface area contributed by atoms with Crippen molar-refractivity contribution in [1.82, 2.24) is 10.2 Å². The molecular formula is C24H30N2O4. The molecule has 0 saturated carbocycles. The summed E-state index contributed by atoms with van der Waals surface area (Å²) in [7, 11) is 3.24. The van der Waals surface area contributed by atoms with Gasteiger partial charge in [0.05, 0.1) is 26.1 Å². The lowest BCUT2D eigenvalue weighted by molar-refractivity contribution is -0.140. The summed E-state index contributed by atoms with van der Waals surface area (Å²) in [5.41, 5.74) is 1.29. The van der Waals surface area contributed by atoms with Gasteiger partial charge in [-0.15, -0.1) is 0 Å². The number of ether oxygens (including phenoxy) is 2. The van der Waals surface area contributed by atoms with Crippen LogP contribution in [0.2, 0.25) is 0 Å². The van der Waals surface area contributed by atoms with Crippen LogP contribution >= 0.6 is 0 Å². The van der Waals surface area contributed by atoms with Crippen LogP contribution < -0.4 is 14.8 Å². The highest BCUT2D eigenvalue weighted by molar-refractivity contribution is 5.84. The van der Waals surface area contributed by atoms with Crippen LogP contribution in [0.25, 0.3) is 0 Å². The number of methoxy groups -OCH3 is 2. The van der Waals surface area contributed by atoms with Gasteiger partial charge in [-0.2, -0.15) is 0 Å². The number of nitrogens with zero attached hydrogens (tertiary/aromatic N) is 1. The van der Waals surface area contributed by atoms with Crippen molar-refractivity contribution in [2.75, 3.05) is 27.3 Å². The van der Waals surface area contributed by atoms with Gasteiger partial charge in [0.25, 0.3) is 0 Å². The highest BCUT2D eigenvalue weighted by atomic mass is 16.5. The monoisotopic (exact) mass is 410 g/mol. The van der Waals surface area contributed by atoms with Crippen LogP contribution in [-0.2, 0) is 22.6 Å². The van der Waals surface area contributed by atoms with Crippen LogP contribution in [0.3, 0.4) is 0 Å². The van der Waals surface area contributed by atoms with E-state index in [1.165, 1.54) is 0 Å². The van der Waals surface area contributed by atoms with Crippen molar-refractivity contribution in [3.05, 3.63) is 59.7 Å². The van der Waals surface area contributed by atoms with Crippen molar-refractivity contribution < 1.29 is 19.1 Å². The predicted molar refractivity (Wildman–Crippen MR) is 115 cm³/mol. The smallest absolute Gasteiger partial charge is 0.227 e. The number of amides is 2. The Morgan fingerprint density at radius 2 is 1.67 bits per heavy atom. The normalized spacial score (nSPS) is 18.6. The van der Waals surface area contributed by atoms with Crippen molar-refractivity contribution in [3.63, 3.8) is 0 Å². The molecular weight excluding hydrogens is 380 g/mol. The van der Waals surface area contributed by atoms with E-state index in [1.807, 2.05) is 60.4 Å². The molecule has 0 spiro atoms. The summed E-state index contributed by atoms with van der Waals surface area (Å²) < 4.78 is 10.5. The van der Waals surface area contributed by atoms with Crippen LogP contribution in [0.5, 0.6) is 11.5 Å². The molecule has 3 rings (SSSR count). The zero-order valence-electron chi connectivity index (χ0n) is 17.9. The number of hydrogen-bond acceptors (Lipinski definition) is 4. The van der Waals surface area contributed by atoms with Gasteiger partial charge < -0.3 is 19.7 Å². The third-order valence-corrected chi connectivity index (χ3v) is 5.67. The Morgan fingerprint density at radius 1 is 1.03 bits per heavy atom. The average Bonchev–Trinajstić information content (AvgIpc) is 2.77. The number of benzene rings is 2.